The number of methoxy groups -OCH3 is 1. The van der Waals surface area contributed by atoms with Crippen LogP contribution >= 0.6 is 0 Å². The van der Waals surface area contributed by atoms with Gasteiger partial charge in [-0.1, -0.05) is 12.1 Å². The van der Waals surface area contributed by atoms with E-state index in [4.69, 9.17) is 9.47 Å². The van der Waals surface area contributed by atoms with E-state index < -0.39 is 0 Å². The molecule has 1 rings (SSSR count). The van der Waals surface area contributed by atoms with Gasteiger partial charge in [0.1, 0.15) is 5.75 Å². The summed E-state index contributed by atoms with van der Waals surface area (Å²) in [5.74, 6) is 0.304. The summed E-state index contributed by atoms with van der Waals surface area (Å²) < 4.78 is 10.1. The van der Waals surface area contributed by atoms with Crippen molar-refractivity contribution >= 4 is 5.97 Å². The predicted molar refractivity (Wildman–Crippen MR) is 66.3 cm³/mol. The van der Waals surface area contributed by atoms with E-state index in [0.717, 1.165) is 11.3 Å². The van der Waals surface area contributed by atoms with Gasteiger partial charge in [0.05, 0.1) is 19.6 Å². The summed E-state index contributed by atoms with van der Waals surface area (Å²) in [5, 5.41) is 3.00. The van der Waals surface area contributed by atoms with E-state index in [1.807, 2.05) is 38.2 Å². The van der Waals surface area contributed by atoms with Crippen LogP contribution in [0.15, 0.2) is 24.3 Å². The second kappa shape index (κ2) is 6.91. The van der Waals surface area contributed by atoms with Gasteiger partial charge in [-0.2, -0.15) is 0 Å². The molecular formula is C13H19NO3. The van der Waals surface area contributed by atoms with Crippen LogP contribution in [0.4, 0.5) is 0 Å². The van der Waals surface area contributed by atoms with Crippen molar-refractivity contribution in [2.24, 2.45) is 0 Å². The predicted octanol–water partition coefficient (Wildman–Crippen LogP) is 1.56. The third kappa shape index (κ3) is 3.75. The fourth-order valence-electron chi connectivity index (χ4n) is 1.62. The molecule has 0 aliphatic heterocycles. The fourth-order valence-corrected chi connectivity index (χ4v) is 1.62. The molecule has 0 saturated carbocycles. The Morgan fingerprint density at radius 3 is 2.47 bits per heavy atom. The Bertz CT molecular complexity index is 348. The lowest BCUT2D eigenvalue weighted by molar-refractivity contribution is -0.144. The number of hydrogen-bond acceptors (Lipinski definition) is 4. The monoisotopic (exact) mass is 237 g/mol. The van der Waals surface area contributed by atoms with Crippen LogP contribution in [0.25, 0.3) is 0 Å². The third-order valence-corrected chi connectivity index (χ3v) is 2.50. The molecule has 0 aliphatic carbocycles. The van der Waals surface area contributed by atoms with Gasteiger partial charge < -0.3 is 14.8 Å². The molecule has 1 aromatic carbocycles. The molecule has 0 bridgehead atoms. The van der Waals surface area contributed by atoms with E-state index in [2.05, 4.69) is 5.32 Å². The van der Waals surface area contributed by atoms with Gasteiger partial charge in [-0.25, -0.2) is 0 Å². The molecular weight excluding hydrogens is 218 g/mol. The SMILES string of the molecule is CCOC(=O)C(CNC)c1ccc(OC)cc1. The molecule has 1 N–H and O–H groups in total. The van der Waals surface area contributed by atoms with Crippen LogP contribution in [0.5, 0.6) is 5.75 Å². The highest BCUT2D eigenvalue weighted by atomic mass is 16.5. The van der Waals surface area contributed by atoms with Crippen molar-refractivity contribution in [3.8, 4) is 5.75 Å². The van der Waals surface area contributed by atoms with Gasteiger partial charge in [-0.3, -0.25) is 4.79 Å². The lowest BCUT2D eigenvalue weighted by Crippen LogP contribution is -2.26. The molecule has 4 nitrogen and oxygen atoms in total. The minimum Gasteiger partial charge on any atom is -0.497 e. The van der Waals surface area contributed by atoms with Gasteiger partial charge in [0.15, 0.2) is 0 Å². The quantitative estimate of drug-likeness (QED) is 0.763. The van der Waals surface area contributed by atoms with Gasteiger partial charge in [-0.15, -0.1) is 0 Å². The van der Waals surface area contributed by atoms with Gasteiger partial charge in [0.2, 0.25) is 0 Å². The molecule has 0 amide bonds. The number of carbonyl (C=O) groups excluding carboxylic acids is 1. The summed E-state index contributed by atoms with van der Waals surface area (Å²) in [6.07, 6.45) is 0. The average molecular weight is 237 g/mol. The largest absolute Gasteiger partial charge is 0.497 e. The van der Waals surface area contributed by atoms with Crippen LogP contribution < -0.4 is 10.1 Å². The highest BCUT2D eigenvalue weighted by Crippen LogP contribution is 2.20. The van der Waals surface area contributed by atoms with Crippen molar-refractivity contribution in [2.45, 2.75) is 12.8 Å². The van der Waals surface area contributed by atoms with Gasteiger partial charge in [0, 0.05) is 6.54 Å². The van der Waals surface area contributed by atoms with Crippen LogP contribution in [0.2, 0.25) is 0 Å². The number of esters is 1. The second-order valence-electron chi connectivity index (χ2n) is 3.64. The Balaban J connectivity index is 2.84. The molecule has 0 heterocycles. The molecule has 1 aromatic rings. The summed E-state index contributed by atoms with van der Waals surface area (Å²) >= 11 is 0. The van der Waals surface area contributed by atoms with Crippen LogP contribution in [0, 0.1) is 0 Å². The molecule has 1 unspecified atom stereocenters. The zero-order valence-electron chi connectivity index (χ0n) is 10.5. The minimum absolute atomic E-state index is 0.202. The number of rotatable bonds is 6. The molecule has 0 saturated heterocycles. The fraction of sp³-hybridized carbons (Fsp3) is 0.462. The lowest BCUT2D eigenvalue weighted by atomic mass is 9.99. The first-order chi connectivity index (χ1) is 8.22. The van der Waals surface area contributed by atoms with E-state index in [1.54, 1.807) is 7.11 Å². The summed E-state index contributed by atoms with van der Waals surface area (Å²) in [4.78, 5) is 11.8. The smallest absolute Gasteiger partial charge is 0.314 e. The highest BCUT2D eigenvalue weighted by molar-refractivity contribution is 5.78. The van der Waals surface area contributed by atoms with E-state index in [9.17, 15) is 4.79 Å². The van der Waals surface area contributed by atoms with E-state index in [-0.39, 0.29) is 11.9 Å². The standard InChI is InChI=1S/C13H19NO3/c1-4-17-13(15)12(9-14-2)10-5-7-11(16-3)8-6-10/h5-8,12,14H,4,9H2,1-3H3. The van der Waals surface area contributed by atoms with Gasteiger partial charge in [-0.05, 0) is 31.7 Å². The van der Waals surface area contributed by atoms with Crippen LogP contribution in [-0.2, 0) is 9.53 Å². The van der Waals surface area contributed by atoms with E-state index in [1.165, 1.54) is 0 Å². The highest BCUT2D eigenvalue weighted by Gasteiger charge is 2.20. The molecule has 1 atom stereocenters. The zero-order valence-corrected chi connectivity index (χ0v) is 10.5. The number of likely N-dealkylation sites (N-methyl/N-ethyl adjacent to an activating group) is 1. The molecule has 0 fully saturated rings. The Morgan fingerprint density at radius 1 is 1.35 bits per heavy atom. The Kier molecular flexibility index (Phi) is 5.49. The third-order valence-electron chi connectivity index (χ3n) is 2.50. The first kappa shape index (κ1) is 13.5. The first-order valence-corrected chi connectivity index (χ1v) is 5.68. The average Bonchev–Trinajstić information content (AvgIpc) is 2.36. The lowest BCUT2D eigenvalue weighted by Gasteiger charge is -2.15. The van der Waals surface area contributed by atoms with Crippen molar-refractivity contribution in [1.82, 2.24) is 5.32 Å². The number of ether oxygens (including phenoxy) is 2. The molecule has 0 spiro atoms. The van der Waals surface area contributed by atoms with Crippen molar-refractivity contribution in [1.29, 1.82) is 0 Å². The number of benzene rings is 1. The maximum Gasteiger partial charge on any atom is 0.314 e. The molecule has 4 heteroatoms. The molecule has 0 radical (unpaired) electrons. The Labute approximate surface area is 102 Å². The van der Waals surface area contributed by atoms with E-state index >= 15 is 0 Å². The Hall–Kier alpha value is -1.55. The van der Waals surface area contributed by atoms with E-state index in [0.29, 0.717) is 13.2 Å². The number of nitrogens with one attached hydrogen (secondary N) is 1. The number of hydrogen-bond donors (Lipinski definition) is 1. The van der Waals surface area contributed by atoms with Crippen LogP contribution in [0.3, 0.4) is 0 Å². The topological polar surface area (TPSA) is 47.6 Å². The molecule has 17 heavy (non-hydrogen) atoms. The van der Waals surface area contributed by atoms with Crippen molar-refractivity contribution in [2.75, 3.05) is 27.3 Å². The van der Waals surface area contributed by atoms with Gasteiger partial charge in [0.25, 0.3) is 0 Å². The van der Waals surface area contributed by atoms with Crippen molar-refractivity contribution < 1.29 is 14.3 Å². The zero-order chi connectivity index (χ0) is 12.7. The van der Waals surface area contributed by atoms with Crippen LogP contribution in [-0.4, -0.2) is 33.3 Å². The maximum absolute atomic E-state index is 11.8. The van der Waals surface area contributed by atoms with Gasteiger partial charge >= 0.3 is 5.97 Å². The van der Waals surface area contributed by atoms with Crippen molar-refractivity contribution in [3.05, 3.63) is 29.8 Å². The van der Waals surface area contributed by atoms with Crippen molar-refractivity contribution in [3.63, 3.8) is 0 Å². The second-order valence-corrected chi connectivity index (χ2v) is 3.64. The maximum atomic E-state index is 11.8. The molecule has 94 valence electrons. The summed E-state index contributed by atoms with van der Waals surface area (Å²) in [6, 6.07) is 7.46. The molecule has 0 aromatic heterocycles. The van der Waals surface area contributed by atoms with Crippen LogP contribution in [0.1, 0.15) is 18.4 Å². The summed E-state index contributed by atoms with van der Waals surface area (Å²) in [6.45, 7) is 2.77. The minimum atomic E-state index is -0.272. The number of carbonyl (C=O) groups is 1. The summed E-state index contributed by atoms with van der Waals surface area (Å²) in [7, 11) is 3.43. The molecule has 0 aliphatic rings. The summed E-state index contributed by atoms with van der Waals surface area (Å²) in [5.41, 5.74) is 0.929. The first-order valence-electron chi connectivity index (χ1n) is 5.68. The Morgan fingerprint density at radius 2 is 2.00 bits per heavy atom. The normalized spacial score (nSPS) is 11.9.